The quantitative estimate of drug-likeness (QED) is 0.725. The summed E-state index contributed by atoms with van der Waals surface area (Å²) < 4.78 is 1.66. The average molecular weight is 239 g/mol. The van der Waals surface area contributed by atoms with E-state index in [2.05, 4.69) is 10.4 Å². The van der Waals surface area contributed by atoms with E-state index in [1.807, 2.05) is 0 Å². The van der Waals surface area contributed by atoms with Crippen LogP contribution in [0.5, 0.6) is 0 Å². The number of aryl methyl sites for hydroxylation is 1. The molecule has 0 fully saturated rings. The van der Waals surface area contributed by atoms with Gasteiger partial charge in [0.1, 0.15) is 0 Å². The molecule has 0 bridgehead atoms. The number of aliphatic carboxylic acids is 1. The fourth-order valence-corrected chi connectivity index (χ4v) is 1.38. The van der Waals surface area contributed by atoms with Crippen molar-refractivity contribution in [1.82, 2.24) is 15.1 Å². The van der Waals surface area contributed by atoms with Crippen LogP contribution in [0.4, 0.5) is 0 Å². The van der Waals surface area contributed by atoms with Crippen LogP contribution in [0, 0.1) is 5.92 Å². The first-order valence-corrected chi connectivity index (χ1v) is 5.60. The van der Waals surface area contributed by atoms with Gasteiger partial charge < -0.3 is 10.4 Å². The molecule has 1 aromatic heterocycles. The van der Waals surface area contributed by atoms with Crippen LogP contribution in [0.15, 0.2) is 18.5 Å². The first-order valence-electron chi connectivity index (χ1n) is 5.60. The molecule has 1 rings (SSSR count). The first kappa shape index (κ1) is 13.2. The number of carbonyl (C=O) groups excluding carboxylic acids is 1. The van der Waals surface area contributed by atoms with Crippen molar-refractivity contribution in [3.05, 3.63) is 18.5 Å². The molecule has 1 unspecified atom stereocenters. The summed E-state index contributed by atoms with van der Waals surface area (Å²) in [6.45, 7) is 2.47. The third-order valence-corrected chi connectivity index (χ3v) is 2.51. The number of amides is 1. The summed E-state index contributed by atoms with van der Waals surface area (Å²) in [7, 11) is 0. The lowest BCUT2D eigenvalue weighted by Gasteiger charge is -2.10. The predicted octanol–water partition coefficient (Wildman–Crippen LogP) is 0.500. The Morgan fingerprint density at radius 3 is 2.82 bits per heavy atom. The summed E-state index contributed by atoms with van der Waals surface area (Å²) in [5.41, 5.74) is 0. The second kappa shape index (κ2) is 6.67. The topological polar surface area (TPSA) is 84.2 Å². The molecule has 94 valence electrons. The summed E-state index contributed by atoms with van der Waals surface area (Å²) in [5.74, 6) is -1.54. The van der Waals surface area contributed by atoms with Crippen LogP contribution in [0.3, 0.4) is 0 Å². The molecular formula is C11H17N3O3. The minimum absolute atomic E-state index is 0.153. The van der Waals surface area contributed by atoms with E-state index in [4.69, 9.17) is 5.11 Å². The Kier molecular flexibility index (Phi) is 5.19. The monoisotopic (exact) mass is 239 g/mol. The van der Waals surface area contributed by atoms with Gasteiger partial charge in [-0.3, -0.25) is 14.3 Å². The van der Waals surface area contributed by atoms with Gasteiger partial charge in [-0.25, -0.2) is 0 Å². The first-order chi connectivity index (χ1) is 8.13. The van der Waals surface area contributed by atoms with Crippen molar-refractivity contribution in [2.75, 3.05) is 6.54 Å². The zero-order valence-corrected chi connectivity index (χ0v) is 9.80. The molecule has 0 saturated carbocycles. The molecule has 1 aromatic rings. The van der Waals surface area contributed by atoms with Gasteiger partial charge in [-0.1, -0.05) is 6.92 Å². The maximum Gasteiger partial charge on any atom is 0.308 e. The van der Waals surface area contributed by atoms with Crippen LogP contribution >= 0.6 is 0 Å². The van der Waals surface area contributed by atoms with E-state index in [1.54, 1.807) is 30.1 Å². The van der Waals surface area contributed by atoms with Crippen LogP contribution in [0.1, 0.15) is 19.8 Å². The lowest BCUT2D eigenvalue weighted by atomic mass is 10.1. The molecule has 0 spiro atoms. The molecule has 6 nitrogen and oxygen atoms in total. The molecule has 0 saturated heterocycles. The standard InChI is InChI=1S/C11H17N3O3/c1-2-9(11(16)17)8-12-10(15)4-7-14-6-3-5-13-14/h3,5-6,9H,2,4,7-8H2,1H3,(H,12,15)(H,16,17). The molecule has 0 aliphatic heterocycles. The summed E-state index contributed by atoms with van der Waals surface area (Å²) >= 11 is 0. The van der Waals surface area contributed by atoms with E-state index in [9.17, 15) is 9.59 Å². The maximum atomic E-state index is 11.4. The highest BCUT2D eigenvalue weighted by atomic mass is 16.4. The second-order valence-corrected chi connectivity index (χ2v) is 3.77. The minimum atomic E-state index is -0.875. The molecule has 0 aliphatic carbocycles. The highest BCUT2D eigenvalue weighted by Crippen LogP contribution is 2.00. The van der Waals surface area contributed by atoms with Crippen molar-refractivity contribution < 1.29 is 14.7 Å². The van der Waals surface area contributed by atoms with Gasteiger partial charge in [0.2, 0.25) is 5.91 Å². The van der Waals surface area contributed by atoms with Crippen molar-refractivity contribution in [2.24, 2.45) is 5.92 Å². The summed E-state index contributed by atoms with van der Waals surface area (Å²) in [5, 5.41) is 15.4. The number of carboxylic acid groups (broad SMARTS) is 1. The number of rotatable bonds is 7. The molecule has 1 amide bonds. The number of nitrogens with zero attached hydrogens (tertiary/aromatic N) is 2. The normalized spacial score (nSPS) is 12.1. The van der Waals surface area contributed by atoms with E-state index in [0.717, 1.165) is 0 Å². The van der Waals surface area contributed by atoms with Crippen molar-refractivity contribution in [2.45, 2.75) is 26.3 Å². The Bertz CT molecular complexity index is 362. The van der Waals surface area contributed by atoms with Gasteiger partial charge in [0.15, 0.2) is 0 Å². The number of carbonyl (C=O) groups is 2. The SMILES string of the molecule is CCC(CNC(=O)CCn1cccn1)C(=O)O. The highest BCUT2D eigenvalue weighted by molar-refractivity contribution is 5.77. The van der Waals surface area contributed by atoms with Crippen molar-refractivity contribution >= 4 is 11.9 Å². The van der Waals surface area contributed by atoms with Gasteiger partial charge in [0.25, 0.3) is 0 Å². The van der Waals surface area contributed by atoms with E-state index < -0.39 is 11.9 Å². The molecule has 2 N–H and O–H groups in total. The molecule has 0 aliphatic rings. The van der Waals surface area contributed by atoms with E-state index in [0.29, 0.717) is 19.4 Å². The zero-order chi connectivity index (χ0) is 12.7. The Labute approximate surface area is 99.6 Å². The molecule has 0 radical (unpaired) electrons. The minimum Gasteiger partial charge on any atom is -0.481 e. The summed E-state index contributed by atoms with van der Waals surface area (Å²) in [6, 6.07) is 1.79. The third-order valence-electron chi connectivity index (χ3n) is 2.51. The number of nitrogens with one attached hydrogen (secondary N) is 1. The molecule has 1 heterocycles. The highest BCUT2D eigenvalue weighted by Gasteiger charge is 2.15. The molecular weight excluding hydrogens is 222 g/mol. The lowest BCUT2D eigenvalue weighted by molar-refractivity contribution is -0.141. The fourth-order valence-electron chi connectivity index (χ4n) is 1.38. The number of aromatic nitrogens is 2. The third kappa shape index (κ3) is 4.67. The van der Waals surface area contributed by atoms with Crippen LogP contribution in [-0.4, -0.2) is 33.3 Å². The van der Waals surface area contributed by atoms with E-state index in [-0.39, 0.29) is 12.5 Å². The predicted molar refractivity (Wildman–Crippen MR) is 61.3 cm³/mol. The van der Waals surface area contributed by atoms with Crippen LogP contribution < -0.4 is 5.32 Å². The number of carboxylic acids is 1. The molecule has 1 atom stereocenters. The van der Waals surface area contributed by atoms with E-state index >= 15 is 0 Å². The Morgan fingerprint density at radius 2 is 2.29 bits per heavy atom. The maximum absolute atomic E-state index is 11.4. The summed E-state index contributed by atoms with van der Waals surface area (Å²) in [6.07, 6.45) is 4.24. The van der Waals surface area contributed by atoms with Gasteiger partial charge >= 0.3 is 5.97 Å². The van der Waals surface area contributed by atoms with Crippen LogP contribution in [0.2, 0.25) is 0 Å². The lowest BCUT2D eigenvalue weighted by Crippen LogP contribution is -2.33. The number of hydrogen-bond acceptors (Lipinski definition) is 3. The van der Waals surface area contributed by atoms with E-state index in [1.165, 1.54) is 0 Å². The zero-order valence-electron chi connectivity index (χ0n) is 9.80. The van der Waals surface area contributed by atoms with Crippen molar-refractivity contribution in [1.29, 1.82) is 0 Å². The molecule has 0 aromatic carbocycles. The Hall–Kier alpha value is -1.85. The van der Waals surface area contributed by atoms with Crippen LogP contribution in [0.25, 0.3) is 0 Å². The smallest absolute Gasteiger partial charge is 0.308 e. The van der Waals surface area contributed by atoms with Crippen LogP contribution in [-0.2, 0) is 16.1 Å². The van der Waals surface area contributed by atoms with Gasteiger partial charge in [-0.05, 0) is 12.5 Å². The van der Waals surface area contributed by atoms with Gasteiger partial charge in [-0.15, -0.1) is 0 Å². The largest absolute Gasteiger partial charge is 0.481 e. The van der Waals surface area contributed by atoms with Crippen molar-refractivity contribution in [3.63, 3.8) is 0 Å². The van der Waals surface area contributed by atoms with Gasteiger partial charge in [0, 0.05) is 31.9 Å². The van der Waals surface area contributed by atoms with Crippen molar-refractivity contribution in [3.8, 4) is 0 Å². The average Bonchev–Trinajstić information content (AvgIpc) is 2.79. The van der Waals surface area contributed by atoms with Gasteiger partial charge in [0.05, 0.1) is 5.92 Å². The number of hydrogen-bond donors (Lipinski definition) is 2. The Morgan fingerprint density at radius 1 is 1.53 bits per heavy atom. The molecule has 6 heteroatoms. The summed E-state index contributed by atoms with van der Waals surface area (Å²) in [4.78, 5) is 22.2. The second-order valence-electron chi connectivity index (χ2n) is 3.77. The fraction of sp³-hybridized carbons (Fsp3) is 0.545. The van der Waals surface area contributed by atoms with Gasteiger partial charge in [-0.2, -0.15) is 5.10 Å². The Balaban J connectivity index is 2.23. The molecule has 17 heavy (non-hydrogen) atoms.